The van der Waals surface area contributed by atoms with Crippen molar-refractivity contribution in [1.29, 1.82) is 0 Å². The maximum atomic E-state index is 11.5. The first-order valence-electron chi connectivity index (χ1n) is 8.18. The number of ether oxygens (including phenoxy) is 1. The van der Waals surface area contributed by atoms with E-state index in [9.17, 15) is 4.79 Å². The number of rotatable bonds is 8. The first kappa shape index (κ1) is 20.4. The second-order valence-corrected chi connectivity index (χ2v) is 6.57. The third kappa shape index (κ3) is 6.40. The van der Waals surface area contributed by atoms with E-state index in [2.05, 4.69) is 25.6 Å². The lowest BCUT2D eigenvalue weighted by atomic mass is 10.2. The number of benzene rings is 1. The van der Waals surface area contributed by atoms with E-state index in [0.717, 1.165) is 5.56 Å². The normalized spacial score (nSPS) is 11.9. The van der Waals surface area contributed by atoms with Gasteiger partial charge in [-0.1, -0.05) is 36.2 Å². The summed E-state index contributed by atoms with van der Waals surface area (Å²) in [6.07, 6.45) is 0.352. The van der Waals surface area contributed by atoms with Crippen LogP contribution in [0.3, 0.4) is 0 Å². The van der Waals surface area contributed by atoms with Gasteiger partial charge in [0.2, 0.25) is 17.8 Å². The maximum Gasteiger partial charge on any atom is 0.234 e. The number of halogens is 2. The van der Waals surface area contributed by atoms with Crippen LogP contribution in [0.25, 0.3) is 0 Å². The number of nitrogens with zero attached hydrogens (tertiary/aromatic N) is 3. The Labute approximate surface area is 162 Å². The molecule has 0 aliphatic heterocycles. The standard InChI is InChI=1S/C17H21Cl2N5O2/c1-4-15(25)23-17-22-11(3)21-16(24-17)20-10(2)8-26-9-12-5-6-13(18)7-14(12)19/h5-7,10H,4,8-9H2,1-3H3,(H2,20,21,22,23,24,25). The Kier molecular flexibility index (Phi) is 7.56. The Hall–Kier alpha value is -1.96. The number of aromatic nitrogens is 3. The number of carbonyl (C=O) groups is 1. The van der Waals surface area contributed by atoms with Gasteiger partial charge in [0.15, 0.2) is 0 Å². The lowest BCUT2D eigenvalue weighted by molar-refractivity contribution is -0.115. The van der Waals surface area contributed by atoms with Crippen LogP contribution < -0.4 is 10.6 Å². The predicted molar refractivity (Wildman–Crippen MR) is 103 cm³/mol. The molecule has 140 valence electrons. The van der Waals surface area contributed by atoms with Crippen molar-refractivity contribution in [3.63, 3.8) is 0 Å². The van der Waals surface area contributed by atoms with Gasteiger partial charge in [-0.3, -0.25) is 10.1 Å². The average Bonchev–Trinajstić information content (AvgIpc) is 2.56. The summed E-state index contributed by atoms with van der Waals surface area (Å²) < 4.78 is 5.69. The van der Waals surface area contributed by atoms with Crippen LogP contribution in [-0.4, -0.2) is 33.5 Å². The van der Waals surface area contributed by atoms with Crippen molar-refractivity contribution in [3.05, 3.63) is 39.6 Å². The zero-order valence-corrected chi connectivity index (χ0v) is 16.4. The summed E-state index contributed by atoms with van der Waals surface area (Å²) in [6, 6.07) is 5.23. The fourth-order valence-corrected chi connectivity index (χ4v) is 2.52. The monoisotopic (exact) mass is 397 g/mol. The molecule has 0 aliphatic rings. The molecule has 2 rings (SSSR count). The molecule has 0 spiro atoms. The van der Waals surface area contributed by atoms with E-state index in [1.54, 1.807) is 26.0 Å². The van der Waals surface area contributed by atoms with E-state index < -0.39 is 0 Å². The Morgan fingerprint density at radius 1 is 1.23 bits per heavy atom. The summed E-state index contributed by atoms with van der Waals surface area (Å²) in [5.74, 6) is 0.963. The van der Waals surface area contributed by atoms with Gasteiger partial charge in [-0.25, -0.2) is 0 Å². The zero-order chi connectivity index (χ0) is 19.1. The molecule has 2 N–H and O–H groups in total. The smallest absolute Gasteiger partial charge is 0.234 e. The van der Waals surface area contributed by atoms with Gasteiger partial charge in [0.1, 0.15) is 5.82 Å². The molecule has 2 aromatic rings. The number of amides is 1. The number of aryl methyl sites for hydroxylation is 1. The molecule has 1 aromatic heterocycles. The van der Waals surface area contributed by atoms with E-state index >= 15 is 0 Å². The minimum atomic E-state index is -0.155. The van der Waals surface area contributed by atoms with Crippen LogP contribution in [0.1, 0.15) is 31.7 Å². The summed E-state index contributed by atoms with van der Waals surface area (Å²) in [5.41, 5.74) is 0.865. The van der Waals surface area contributed by atoms with E-state index in [-0.39, 0.29) is 17.9 Å². The lowest BCUT2D eigenvalue weighted by Gasteiger charge is -2.15. The van der Waals surface area contributed by atoms with E-state index in [1.807, 2.05) is 13.0 Å². The molecule has 1 unspecified atom stereocenters. The SMILES string of the molecule is CCC(=O)Nc1nc(C)nc(NC(C)COCc2ccc(Cl)cc2Cl)n1. The van der Waals surface area contributed by atoms with Crippen molar-refractivity contribution < 1.29 is 9.53 Å². The van der Waals surface area contributed by atoms with Crippen molar-refractivity contribution in [2.24, 2.45) is 0 Å². The molecule has 26 heavy (non-hydrogen) atoms. The van der Waals surface area contributed by atoms with Gasteiger partial charge in [-0.05, 0) is 31.5 Å². The van der Waals surface area contributed by atoms with Crippen LogP contribution in [-0.2, 0) is 16.1 Å². The van der Waals surface area contributed by atoms with E-state index in [0.29, 0.717) is 41.5 Å². The Balaban J connectivity index is 1.88. The molecule has 1 amide bonds. The number of nitrogens with one attached hydrogen (secondary N) is 2. The number of hydrogen-bond acceptors (Lipinski definition) is 6. The number of hydrogen-bond donors (Lipinski definition) is 2. The van der Waals surface area contributed by atoms with Crippen molar-refractivity contribution in [2.45, 2.75) is 39.8 Å². The largest absolute Gasteiger partial charge is 0.375 e. The third-order valence-electron chi connectivity index (χ3n) is 3.34. The minimum absolute atomic E-state index is 0.0578. The predicted octanol–water partition coefficient (Wildman–Crippen LogP) is 3.85. The van der Waals surface area contributed by atoms with Gasteiger partial charge in [0, 0.05) is 22.5 Å². The molecule has 0 saturated heterocycles. The first-order chi connectivity index (χ1) is 12.4. The molecule has 0 aliphatic carbocycles. The van der Waals surface area contributed by atoms with Crippen molar-refractivity contribution >= 4 is 41.0 Å². The quantitative estimate of drug-likeness (QED) is 0.702. The zero-order valence-electron chi connectivity index (χ0n) is 14.8. The molecule has 1 aromatic carbocycles. The van der Waals surface area contributed by atoms with Crippen LogP contribution in [0.15, 0.2) is 18.2 Å². The molecule has 7 nitrogen and oxygen atoms in total. The van der Waals surface area contributed by atoms with Crippen LogP contribution in [0.2, 0.25) is 10.0 Å². The molecule has 0 bridgehead atoms. The number of anilines is 2. The van der Waals surface area contributed by atoms with Crippen LogP contribution in [0.5, 0.6) is 0 Å². The summed E-state index contributed by atoms with van der Waals surface area (Å²) in [4.78, 5) is 24.0. The van der Waals surface area contributed by atoms with Crippen molar-refractivity contribution in [1.82, 2.24) is 15.0 Å². The van der Waals surface area contributed by atoms with Gasteiger partial charge in [0.25, 0.3) is 0 Å². The van der Waals surface area contributed by atoms with Gasteiger partial charge in [-0.15, -0.1) is 0 Å². The molecule has 9 heteroatoms. The van der Waals surface area contributed by atoms with E-state index in [1.165, 1.54) is 0 Å². The first-order valence-corrected chi connectivity index (χ1v) is 8.93. The average molecular weight is 398 g/mol. The van der Waals surface area contributed by atoms with Gasteiger partial charge < -0.3 is 10.1 Å². The highest BCUT2D eigenvalue weighted by atomic mass is 35.5. The summed E-state index contributed by atoms with van der Waals surface area (Å²) >= 11 is 12.0. The highest BCUT2D eigenvalue weighted by Crippen LogP contribution is 2.21. The summed E-state index contributed by atoms with van der Waals surface area (Å²) in [6.45, 7) is 6.22. The van der Waals surface area contributed by atoms with Gasteiger partial charge in [-0.2, -0.15) is 15.0 Å². The molecule has 1 heterocycles. The topological polar surface area (TPSA) is 89.0 Å². The Bertz CT molecular complexity index is 773. The molecule has 0 saturated carbocycles. The fourth-order valence-electron chi connectivity index (χ4n) is 2.06. The lowest BCUT2D eigenvalue weighted by Crippen LogP contribution is -2.24. The molecule has 0 fully saturated rings. The van der Waals surface area contributed by atoms with Crippen LogP contribution in [0.4, 0.5) is 11.9 Å². The number of carbonyl (C=O) groups excluding carboxylic acids is 1. The Morgan fingerprint density at radius 3 is 2.65 bits per heavy atom. The van der Waals surface area contributed by atoms with Gasteiger partial charge >= 0.3 is 0 Å². The highest BCUT2D eigenvalue weighted by molar-refractivity contribution is 6.35. The van der Waals surface area contributed by atoms with Crippen molar-refractivity contribution in [3.8, 4) is 0 Å². The highest BCUT2D eigenvalue weighted by Gasteiger charge is 2.10. The Morgan fingerprint density at radius 2 is 1.96 bits per heavy atom. The molecular formula is C17H21Cl2N5O2. The minimum Gasteiger partial charge on any atom is -0.375 e. The van der Waals surface area contributed by atoms with Crippen LogP contribution in [0, 0.1) is 6.92 Å². The molecular weight excluding hydrogens is 377 g/mol. The van der Waals surface area contributed by atoms with Crippen molar-refractivity contribution in [2.75, 3.05) is 17.2 Å². The second-order valence-electron chi connectivity index (χ2n) is 5.73. The molecule has 1 atom stereocenters. The molecule has 0 radical (unpaired) electrons. The van der Waals surface area contributed by atoms with Gasteiger partial charge in [0.05, 0.1) is 13.2 Å². The third-order valence-corrected chi connectivity index (χ3v) is 3.92. The summed E-state index contributed by atoms with van der Waals surface area (Å²) in [7, 11) is 0. The van der Waals surface area contributed by atoms with E-state index in [4.69, 9.17) is 27.9 Å². The summed E-state index contributed by atoms with van der Waals surface area (Å²) in [5, 5.41) is 6.92. The maximum absolute atomic E-state index is 11.5. The fraction of sp³-hybridized carbons (Fsp3) is 0.412. The second kappa shape index (κ2) is 9.66. The van der Waals surface area contributed by atoms with Crippen LogP contribution >= 0.6 is 23.2 Å².